The van der Waals surface area contributed by atoms with Crippen molar-refractivity contribution in [2.24, 2.45) is 5.92 Å². The Morgan fingerprint density at radius 2 is 2.11 bits per heavy atom. The zero-order valence-electron chi connectivity index (χ0n) is 11.6. The molecule has 0 aliphatic heterocycles. The summed E-state index contributed by atoms with van der Waals surface area (Å²) in [7, 11) is -3.39. The second kappa shape index (κ2) is 7.21. The third-order valence-electron chi connectivity index (χ3n) is 3.44. The molecule has 3 N–H and O–H groups in total. The molecule has 1 aliphatic carbocycles. The van der Waals surface area contributed by atoms with Crippen LogP contribution in [0.2, 0.25) is 0 Å². The molecule has 0 aromatic rings. The van der Waals surface area contributed by atoms with Gasteiger partial charge in [-0.1, -0.05) is 13.3 Å². The summed E-state index contributed by atoms with van der Waals surface area (Å²) in [5, 5.41) is 12.0. The van der Waals surface area contributed by atoms with Crippen LogP contribution in [0.25, 0.3) is 0 Å². The third kappa shape index (κ3) is 5.08. The van der Waals surface area contributed by atoms with E-state index in [1.54, 1.807) is 6.92 Å². The predicted octanol–water partition coefficient (Wildman–Crippen LogP) is -0.0185. The van der Waals surface area contributed by atoms with Gasteiger partial charge in [0.05, 0.1) is 11.8 Å². The van der Waals surface area contributed by atoms with Gasteiger partial charge in [0.2, 0.25) is 15.9 Å². The average Bonchev–Trinajstić information content (AvgIpc) is 2.75. The van der Waals surface area contributed by atoms with Gasteiger partial charge in [0.15, 0.2) is 0 Å². The molecule has 0 radical (unpaired) electrons. The van der Waals surface area contributed by atoms with Crippen LogP contribution in [-0.4, -0.2) is 43.9 Å². The van der Waals surface area contributed by atoms with E-state index >= 15 is 0 Å². The molecule has 1 saturated carbocycles. The van der Waals surface area contributed by atoms with E-state index in [9.17, 15) is 18.3 Å². The topological polar surface area (TPSA) is 95.5 Å². The van der Waals surface area contributed by atoms with Gasteiger partial charge in [-0.3, -0.25) is 4.79 Å². The van der Waals surface area contributed by atoms with Gasteiger partial charge in [-0.25, -0.2) is 13.1 Å². The van der Waals surface area contributed by atoms with Crippen LogP contribution in [0.15, 0.2) is 0 Å². The highest BCUT2D eigenvalue weighted by Gasteiger charge is 2.29. The van der Waals surface area contributed by atoms with Crippen LogP contribution < -0.4 is 10.0 Å². The normalized spacial score (nSPS) is 25.2. The number of amides is 1. The minimum absolute atomic E-state index is 0.0211. The van der Waals surface area contributed by atoms with Gasteiger partial charge in [-0.2, -0.15) is 0 Å². The van der Waals surface area contributed by atoms with E-state index in [1.165, 1.54) is 6.92 Å². The van der Waals surface area contributed by atoms with Crippen molar-refractivity contribution in [3.8, 4) is 0 Å². The van der Waals surface area contributed by atoms with Crippen LogP contribution in [-0.2, 0) is 14.8 Å². The van der Waals surface area contributed by atoms with Gasteiger partial charge in [0, 0.05) is 18.6 Å². The van der Waals surface area contributed by atoms with E-state index in [4.69, 9.17) is 0 Å². The number of nitrogens with one attached hydrogen (secondary N) is 2. The van der Waals surface area contributed by atoms with Crippen LogP contribution in [0.1, 0.15) is 39.5 Å². The number of aliphatic hydroxyl groups is 1. The highest BCUT2D eigenvalue weighted by Crippen LogP contribution is 2.24. The second-order valence-electron chi connectivity index (χ2n) is 5.15. The second-order valence-corrected chi connectivity index (χ2v) is 7.02. The molecule has 0 bridgehead atoms. The van der Waals surface area contributed by atoms with Crippen LogP contribution in [0.3, 0.4) is 0 Å². The summed E-state index contributed by atoms with van der Waals surface area (Å²) >= 11 is 0. The van der Waals surface area contributed by atoms with Gasteiger partial charge >= 0.3 is 0 Å². The molecule has 0 aromatic heterocycles. The Kier molecular flexibility index (Phi) is 6.22. The maximum absolute atomic E-state index is 11.9. The minimum Gasteiger partial charge on any atom is -0.396 e. The zero-order chi connectivity index (χ0) is 14.5. The van der Waals surface area contributed by atoms with Gasteiger partial charge in [0.25, 0.3) is 0 Å². The fourth-order valence-corrected chi connectivity index (χ4v) is 3.70. The predicted molar refractivity (Wildman–Crippen MR) is 73.0 cm³/mol. The highest BCUT2D eigenvalue weighted by molar-refractivity contribution is 7.89. The van der Waals surface area contributed by atoms with Crippen LogP contribution in [0, 0.1) is 5.92 Å². The van der Waals surface area contributed by atoms with Crippen LogP contribution >= 0.6 is 0 Å². The summed E-state index contributed by atoms with van der Waals surface area (Å²) < 4.78 is 25.5. The maximum atomic E-state index is 11.9. The number of hydrogen-bond acceptors (Lipinski definition) is 4. The van der Waals surface area contributed by atoms with E-state index < -0.39 is 16.1 Å². The van der Waals surface area contributed by atoms with Crippen molar-refractivity contribution >= 4 is 15.9 Å². The molecule has 3 unspecified atom stereocenters. The molecule has 112 valence electrons. The Morgan fingerprint density at radius 1 is 1.42 bits per heavy atom. The molecule has 0 saturated heterocycles. The summed E-state index contributed by atoms with van der Waals surface area (Å²) in [5.74, 6) is -0.221. The first-order chi connectivity index (χ1) is 8.89. The Hall–Kier alpha value is -0.660. The summed E-state index contributed by atoms with van der Waals surface area (Å²) in [6, 6.07) is -0.827. The molecule has 1 fully saturated rings. The summed E-state index contributed by atoms with van der Waals surface area (Å²) in [5.41, 5.74) is 0. The number of sulfonamides is 1. The Morgan fingerprint density at radius 3 is 2.68 bits per heavy atom. The van der Waals surface area contributed by atoms with Crippen LogP contribution in [0.5, 0.6) is 0 Å². The first kappa shape index (κ1) is 16.4. The standard InChI is InChI=1S/C12H24N2O4S/c1-3-7-19(17,18)14-9(2)12(16)13-11-6-4-5-10(11)8-15/h9-11,14-15H,3-8H2,1-2H3,(H,13,16). The molecule has 19 heavy (non-hydrogen) atoms. The smallest absolute Gasteiger partial charge is 0.238 e. The molecular weight excluding hydrogens is 268 g/mol. The fraction of sp³-hybridized carbons (Fsp3) is 0.917. The number of hydrogen-bond donors (Lipinski definition) is 3. The van der Waals surface area contributed by atoms with Crippen molar-refractivity contribution in [2.45, 2.75) is 51.6 Å². The van der Waals surface area contributed by atoms with E-state index in [1.807, 2.05) is 0 Å². The number of carbonyl (C=O) groups excluding carboxylic acids is 1. The quantitative estimate of drug-likeness (QED) is 0.614. The Labute approximate surface area is 115 Å². The van der Waals surface area contributed by atoms with Crippen molar-refractivity contribution in [3.63, 3.8) is 0 Å². The molecule has 6 nitrogen and oxygen atoms in total. The first-order valence-electron chi connectivity index (χ1n) is 6.81. The van der Waals surface area contributed by atoms with Crippen molar-refractivity contribution in [3.05, 3.63) is 0 Å². The van der Waals surface area contributed by atoms with Gasteiger partial charge in [-0.05, 0) is 26.2 Å². The average molecular weight is 292 g/mol. The SMILES string of the molecule is CCCS(=O)(=O)NC(C)C(=O)NC1CCCC1CO. The van der Waals surface area contributed by atoms with E-state index in [-0.39, 0.29) is 30.2 Å². The summed E-state index contributed by atoms with van der Waals surface area (Å²) in [6.45, 7) is 3.36. The van der Waals surface area contributed by atoms with Crippen LogP contribution in [0.4, 0.5) is 0 Å². The van der Waals surface area contributed by atoms with Gasteiger partial charge < -0.3 is 10.4 Å². The number of rotatable bonds is 7. The zero-order valence-corrected chi connectivity index (χ0v) is 12.4. The number of carbonyl (C=O) groups is 1. The molecule has 0 heterocycles. The monoisotopic (exact) mass is 292 g/mol. The molecule has 1 aliphatic rings. The molecule has 1 rings (SSSR count). The lowest BCUT2D eigenvalue weighted by Gasteiger charge is -2.21. The van der Waals surface area contributed by atoms with Crippen molar-refractivity contribution < 1.29 is 18.3 Å². The summed E-state index contributed by atoms with van der Waals surface area (Å²) in [4.78, 5) is 11.9. The van der Waals surface area contributed by atoms with E-state index in [2.05, 4.69) is 10.0 Å². The lowest BCUT2D eigenvalue weighted by Crippen LogP contribution is -2.49. The maximum Gasteiger partial charge on any atom is 0.238 e. The van der Waals surface area contributed by atoms with Crippen molar-refractivity contribution in [1.82, 2.24) is 10.0 Å². The lowest BCUT2D eigenvalue weighted by atomic mass is 10.0. The third-order valence-corrected chi connectivity index (χ3v) is 5.10. The Bertz CT molecular complexity index is 397. The minimum atomic E-state index is -3.39. The molecule has 0 aromatic carbocycles. The molecule has 1 amide bonds. The fourth-order valence-electron chi connectivity index (χ4n) is 2.40. The first-order valence-corrected chi connectivity index (χ1v) is 8.46. The molecule has 0 spiro atoms. The number of aliphatic hydroxyl groups excluding tert-OH is 1. The van der Waals surface area contributed by atoms with E-state index in [0.717, 1.165) is 19.3 Å². The Balaban J connectivity index is 2.49. The van der Waals surface area contributed by atoms with Crippen molar-refractivity contribution in [1.29, 1.82) is 0 Å². The van der Waals surface area contributed by atoms with E-state index in [0.29, 0.717) is 6.42 Å². The summed E-state index contributed by atoms with van der Waals surface area (Å²) in [6.07, 6.45) is 3.23. The van der Waals surface area contributed by atoms with Crippen molar-refractivity contribution in [2.75, 3.05) is 12.4 Å². The largest absolute Gasteiger partial charge is 0.396 e. The highest BCUT2D eigenvalue weighted by atomic mass is 32.2. The molecule has 3 atom stereocenters. The molecule has 7 heteroatoms. The van der Waals surface area contributed by atoms with Gasteiger partial charge in [-0.15, -0.1) is 0 Å². The molecular formula is C12H24N2O4S. The van der Waals surface area contributed by atoms with Gasteiger partial charge in [0.1, 0.15) is 0 Å². The lowest BCUT2D eigenvalue weighted by molar-refractivity contribution is -0.123.